The minimum Gasteiger partial charge on any atom is -0.315 e. The first kappa shape index (κ1) is 18.9. The van der Waals surface area contributed by atoms with Crippen LogP contribution in [0, 0.1) is 23.3 Å². The Labute approximate surface area is 161 Å². The van der Waals surface area contributed by atoms with Crippen molar-refractivity contribution in [3.63, 3.8) is 0 Å². The highest BCUT2D eigenvalue weighted by Crippen LogP contribution is 2.20. The van der Waals surface area contributed by atoms with E-state index in [1.165, 1.54) is 30.6 Å². The molecule has 29 heavy (non-hydrogen) atoms. The molecule has 0 atom stereocenters. The predicted molar refractivity (Wildman–Crippen MR) is 97.9 cm³/mol. The van der Waals surface area contributed by atoms with Gasteiger partial charge in [-0.05, 0) is 42.8 Å². The van der Waals surface area contributed by atoms with E-state index in [1.807, 2.05) is 6.92 Å². The second-order valence-electron chi connectivity index (χ2n) is 6.38. The molecule has 0 aliphatic rings. The number of aromatic nitrogens is 4. The molecule has 2 aromatic carbocycles. The van der Waals surface area contributed by atoms with E-state index in [9.17, 15) is 22.4 Å². The van der Waals surface area contributed by atoms with Crippen LogP contribution in [0.4, 0.5) is 17.6 Å². The number of imidazole rings is 1. The molecular formula is C20H14F4N4O. The molecule has 0 saturated carbocycles. The number of nitrogens with zero attached hydrogens (tertiary/aromatic N) is 4. The molecule has 0 N–H and O–H groups in total. The molecule has 2 heterocycles. The van der Waals surface area contributed by atoms with Gasteiger partial charge in [-0.1, -0.05) is 0 Å². The first-order valence-corrected chi connectivity index (χ1v) is 8.75. The van der Waals surface area contributed by atoms with Crippen molar-refractivity contribution in [2.75, 3.05) is 0 Å². The predicted octanol–water partition coefficient (Wildman–Crippen LogP) is 3.75. The van der Waals surface area contributed by atoms with Crippen LogP contribution >= 0.6 is 0 Å². The Morgan fingerprint density at radius 2 is 1.66 bits per heavy atom. The third-order valence-electron chi connectivity index (χ3n) is 4.57. The lowest BCUT2D eigenvalue weighted by Gasteiger charge is -2.13. The average molecular weight is 402 g/mol. The Bertz CT molecular complexity index is 1280. The van der Waals surface area contributed by atoms with Crippen molar-refractivity contribution in [3.8, 4) is 5.69 Å². The van der Waals surface area contributed by atoms with E-state index in [-0.39, 0.29) is 34.7 Å². The molecule has 0 aliphatic carbocycles. The Balaban J connectivity index is 1.98. The smallest absolute Gasteiger partial charge is 0.286 e. The van der Waals surface area contributed by atoms with E-state index in [0.29, 0.717) is 12.6 Å². The fourth-order valence-corrected chi connectivity index (χ4v) is 3.12. The number of rotatable bonds is 4. The summed E-state index contributed by atoms with van der Waals surface area (Å²) in [6.45, 7) is 2.32. The summed E-state index contributed by atoms with van der Waals surface area (Å²) < 4.78 is 57.3. The molecule has 0 fully saturated rings. The molecule has 148 valence electrons. The Morgan fingerprint density at radius 3 is 2.34 bits per heavy atom. The first-order chi connectivity index (χ1) is 13.9. The monoisotopic (exact) mass is 402 g/mol. The lowest BCUT2D eigenvalue weighted by Crippen LogP contribution is -2.25. The third kappa shape index (κ3) is 3.28. The fourth-order valence-electron chi connectivity index (χ4n) is 3.12. The molecule has 0 bridgehead atoms. The molecule has 0 aliphatic heterocycles. The van der Waals surface area contributed by atoms with Crippen LogP contribution in [-0.4, -0.2) is 19.1 Å². The van der Waals surface area contributed by atoms with Crippen molar-refractivity contribution in [2.45, 2.75) is 19.9 Å². The van der Waals surface area contributed by atoms with Crippen LogP contribution in [0.25, 0.3) is 16.9 Å². The maximum absolute atomic E-state index is 14.2. The zero-order valence-electron chi connectivity index (χ0n) is 15.2. The largest absolute Gasteiger partial charge is 0.315 e. The highest BCUT2D eigenvalue weighted by atomic mass is 19.2. The van der Waals surface area contributed by atoms with Crippen LogP contribution in [0.5, 0.6) is 0 Å². The molecule has 0 saturated heterocycles. The number of hydrogen-bond donors (Lipinski definition) is 0. The van der Waals surface area contributed by atoms with Gasteiger partial charge < -0.3 is 4.57 Å². The van der Waals surface area contributed by atoms with Crippen LogP contribution in [0.3, 0.4) is 0 Å². The molecule has 0 unspecified atom stereocenters. The molecule has 4 rings (SSSR count). The lowest BCUT2D eigenvalue weighted by atomic mass is 10.1. The van der Waals surface area contributed by atoms with Gasteiger partial charge >= 0.3 is 0 Å². The summed E-state index contributed by atoms with van der Waals surface area (Å²) in [5.41, 5.74) is -0.0465. The standard InChI is InChI=1S/C20H14F4N4O/c1-2-27-10-25-18-19(27)26-17(8-11-7-15(23)16(24)9-14(11)22)28(20(18)29)13-5-3-12(21)4-6-13/h3-7,9-10H,2,8H2,1H3. The fraction of sp³-hybridized carbons (Fsp3) is 0.150. The number of halogens is 4. The maximum atomic E-state index is 14.2. The second kappa shape index (κ2) is 7.16. The van der Waals surface area contributed by atoms with Crippen molar-refractivity contribution in [1.82, 2.24) is 19.1 Å². The number of fused-ring (bicyclic) bond motifs is 1. The molecular weight excluding hydrogens is 388 g/mol. The van der Waals surface area contributed by atoms with E-state index in [1.54, 1.807) is 4.57 Å². The van der Waals surface area contributed by atoms with E-state index >= 15 is 0 Å². The van der Waals surface area contributed by atoms with Crippen molar-refractivity contribution in [3.05, 3.63) is 87.7 Å². The van der Waals surface area contributed by atoms with Gasteiger partial charge in [-0.15, -0.1) is 0 Å². The Kier molecular flexibility index (Phi) is 4.65. The van der Waals surface area contributed by atoms with Gasteiger partial charge in [0.1, 0.15) is 17.5 Å². The van der Waals surface area contributed by atoms with Crippen molar-refractivity contribution in [1.29, 1.82) is 0 Å². The van der Waals surface area contributed by atoms with Gasteiger partial charge in [0.05, 0.1) is 12.0 Å². The van der Waals surface area contributed by atoms with Gasteiger partial charge in [0, 0.05) is 19.0 Å². The summed E-state index contributed by atoms with van der Waals surface area (Å²) in [7, 11) is 0. The number of aryl methyl sites for hydroxylation is 1. The van der Waals surface area contributed by atoms with E-state index < -0.39 is 28.8 Å². The van der Waals surface area contributed by atoms with Gasteiger partial charge in [-0.3, -0.25) is 9.36 Å². The summed E-state index contributed by atoms with van der Waals surface area (Å²) in [6.07, 6.45) is 1.16. The molecule has 9 heteroatoms. The van der Waals surface area contributed by atoms with Crippen LogP contribution in [0.1, 0.15) is 18.3 Å². The second-order valence-corrected chi connectivity index (χ2v) is 6.38. The van der Waals surface area contributed by atoms with Gasteiger partial charge in [0.2, 0.25) is 0 Å². The molecule has 5 nitrogen and oxygen atoms in total. The van der Waals surface area contributed by atoms with Crippen molar-refractivity contribution in [2.24, 2.45) is 0 Å². The van der Waals surface area contributed by atoms with Gasteiger partial charge in [-0.25, -0.2) is 27.5 Å². The van der Waals surface area contributed by atoms with Gasteiger partial charge in [0.25, 0.3) is 5.56 Å². The van der Waals surface area contributed by atoms with Crippen LogP contribution < -0.4 is 5.56 Å². The Morgan fingerprint density at radius 1 is 0.966 bits per heavy atom. The lowest BCUT2D eigenvalue weighted by molar-refractivity contribution is 0.490. The van der Waals surface area contributed by atoms with Gasteiger partial charge in [0.15, 0.2) is 22.8 Å². The average Bonchev–Trinajstić information content (AvgIpc) is 3.11. The summed E-state index contributed by atoms with van der Waals surface area (Å²) in [5.74, 6) is -3.91. The van der Waals surface area contributed by atoms with Crippen LogP contribution in [0.15, 0.2) is 47.5 Å². The third-order valence-corrected chi connectivity index (χ3v) is 4.57. The number of hydrogen-bond acceptors (Lipinski definition) is 3. The highest BCUT2D eigenvalue weighted by Gasteiger charge is 2.19. The van der Waals surface area contributed by atoms with Gasteiger partial charge in [-0.2, -0.15) is 0 Å². The van der Waals surface area contributed by atoms with Crippen molar-refractivity contribution < 1.29 is 17.6 Å². The number of benzene rings is 2. The molecule has 0 amide bonds. The SMILES string of the molecule is CCn1cnc2c(=O)n(-c3ccc(F)cc3)c(Cc3cc(F)c(F)cc3F)nc21. The van der Waals surface area contributed by atoms with E-state index in [4.69, 9.17) is 0 Å². The molecule has 0 radical (unpaired) electrons. The zero-order valence-corrected chi connectivity index (χ0v) is 15.2. The highest BCUT2D eigenvalue weighted by molar-refractivity contribution is 5.70. The minimum atomic E-state index is -1.31. The van der Waals surface area contributed by atoms with E-state index in [2.05, 4.69) is 9.97 Å². The summed E-state index contributed by atoms with van der Waals surface area (Å²) >= 11 is 0. The normalized spacial score (nSPS) is 11.3. The molecule has 0 spiro atoms. The maximum Gasteiger partial charge on any atom is 0.286 e. The van der Waals surface area contributed by atoms with Crippen LogP contribution in [-0.2, 0) is 13.0 Å². The van der Waals surface area contributed by atoms with E-state index in [0.717, 1.165) is 10.6 Å². The molecule has 2 aromatic heterocycles. The van der Waals surface area contributed by atoms with Crippen LogP contribution in [0.2, 0.25) is 0 Å². The van der Waals surface area contributed by atoms with Crippen molar-refractivity contribution >= 4 is 11.2 Å². The topological polar surface area (TPSA) is 52.7 Å². The summed E-state index contributed by atoms with van der Waals surface area (Å²) in [5, 5.41) is 0. The first-order valence-electron chi connectivity index (χ1n) is 8.75. The minimum absolute atomic E-state index is 0.0780. The zero-order chi connectivity index (χ0) is 20.7. The quantitative estimate of drug-likeness (QED) is 0.386. The summed E-state index contributed by atoms with van der Waals surface area (Å²) in [6, 6.07) is 6.24. The molecule has 4 aromatic rings. The Hall–Kier alpha value is -3.49. The summed E-state index contributed by atoms with van der Waals surface area (Å²) in [4.78, 5) is 21.6.